The van der Waals surface area contributed by atoms with Crippen molar-refractivity contribution < 1.29 is 28.0 Å². The molecule has 0 aromatic heterocycles. The molecule has 136 valence electrons. The van der Waals surface area contributed by atoms with Gasteiger partial charge in [-0.05, 0) is 17.7 Å². The number of nitrogens with one attached hydrogen (secondary N) is 1. The molecule has 2 rings (SSSR count). The van der Waals surface area contributed by atoms with E-state index in [-0.39, 0.29) is 12.1 Å². The van der Waals surface area contributed by atoms with Gasteiger partial charge in [0.2, 0.25) is 0 Å². The lowest BCUT2D eigenvalue weighted by Gasteiger charge is -2.17. The zero-order chi connectivity index (χ0) is 19.3. The summed E-state index contributed by atoms with van der Waals surface area (Å²) in [6, 6.07) is 6.65. The highest BCUT2D eigenvalue weighted by Gasteiger charge is 2.24. The number of non-ortho nitro benzene ring substituents is 1. The summed E-state index contributed by atoms with van der Waals surface area (Å²) in [5, 5.41) is 13.0. The van der Waals surface area contributed by atoms with Gasteiger partial charge in [0.25, 0.3) is 11.6 Å². The van der Waals surface area contributed by atoms with Gasteiger partial charge in [-0.1, -0.05) is 12.1 Å². The van der Waals surface area contributed by atoms with E-state index >= 15 is 0 Å². The fourth-order valence-electron chi connectivity index (χ4n) is 2.23. The Morgan fingerprint density at radius 3 is 2.38 bits per heavy atom. The second-order valence-corrected chi connectivity index (χ2v) is 5.30. The molecule has 1 atom stereocenters. The molecule has 0 heterocycles. The van der Waals surface area contributed by atoms with Crippen molar-refractivity contribution in [3.8, 4) is 0 Å². The van der Waals surface area contributed by atoms with Gasteiger partial charge in [-0.3, -0.25) is 14.9 Å². The highest BCUT2D eigenvalue weighted by atomic mass is 19.1. The van der Waals surface area contributed by atoms with Crippen molar-refractivity contribution in [2.75, 3.05) is 7.11 Å². The summed E-state index contributed by atoms with van der Waals surface area (Å²) in [6.45, 7) is 0. The maximum Gasteiger partial charge on any atom is 0.328 e. The van der Waals surface area contributed by atoms with Crippen LogP contribution in [0.4, 0.5) is 14.5 Å². The van der Waals surface area contributed by atoms with Crippen LogP contribution in [0.1, 0.15) is 15.9 Å². The fraction of sp³-hybridized carbons (Fsp3) is 0.176. The predicted octanol–water partition coefficient (Wildman–Crippen LogP) is 2.39. The summed E-state index contributed by atoms with van der Waals surface area (Å²) in [7, 11) is 1.12. The molecule has 0 aliphatic carbocycles. The number of ether oxygens (including phenoxy) is 1. The summed E-state index contributed by atoms with van der Waals surface area (Å²) in [5.41, 5.74) is -0.0318. The highest BCUT2D eigenvalue weighted by molar-refractivity contribution is 5.97. The number of carbonyl (C=O) groups is 2. The topological polar surface area (TPSA) is 98.5 Å². The van der Waals surface area contributed by atoms with Crippen molar-refractivity contribution in [3.05, 3.63) is 75.3 Å². The number of nitrogens with zero attached hydrogens (tertiary/aromatic N) is 1. The minimum absolute atomic E-state index is 0.0286. The number of amides is 1. The molecule has 7 nitrogen and oxygen atoms in total. The van der Waals surface area contributed by atoms with E-state index in [1.165, 1.54) is 24.3 Å². The quantitative estimate of drug-likeness (QED) is 0.482. The Morgan fingerprint density at radius 2 is 1.85 bits per heavy atom. The largest absolute Gasteiger partial charge is 0.467 e. The minimum atomic E-state index is -1.15. The second kappa shape index (κ2) is 8.15. The summed E-state index contributed by atoms with van der Waals surface area (Å²) in [6.07, 6.45) is -0.0286. The third-order valence-electron chi connectivity index (χ3n) is 3.55. The van der Waals surface area contributed by atoms with Crippen LogP contribution in [0.2, 0.25) is 0 Å². The molecule has 9 heteroatoms. The molecular formula is C17H14F2N2O5. The number of hydrogen-bond donors (Lipinski definition) is 1. The van der Waals surface area contributed by atoms with Crippen molar-refractivity contribution in [1.29, 1.82) is 0 Å². The summed E-state index contributed by atoms with van der Waals surface area (Å²) in [5.74, 6) is -3.60. The molecule has 1 amide bonds. The van der Waals surface area contributed by atoms with E-state index in [1.54, 1.807) is 0 Å². The van der Waals surface area contributed by atoms with Gasteiger partial charge in [0.15, 0.2) is 0 Å². The molecule has 0 unspecified atom stereocenters. The number of hydrogen-bond acceptors (Lipinski definition) is 5. The Morgan fingerprint density at radius 1 is 1.19 bits per heavy atom. The molecule has 0 aliphatic rings. The zero-order valence-corrected chi connectivity index (χ0v) is 13.6. The minimum Gasteiger partial charge on any atom is -0.467 e. The van der Waals surface area contributed by atoms with Crippen LogP contribution < -0.4 is 5.32 Å². The van der Waals surface area contributed by atoms with Crippen molar-refractivity contribution in [3.63, 3.8) is 0 Å². The van der Waals surface area contributed by atoms with E-state index in [9.17, 15) is 28.5 Å². The Kier molecular flexibility index (Phi) is 5.94. The molecule has 0 fully saturated rings. The Labute approximate surface area is 146 Å². The van der Waals surface area contributed by atoms with Crippen molar-refractivity contribution >= 4 is 17.6 Å². The number of nitro groups is 1. The molecule has 2 aromatic rings. The first-order valence-electron chi connectivity index (χ1n) is 7.39. The lowest BCUT2D eigenvalue weighted by Crippen LogP contribution is -2.43. The van der Waals surface area contributed by atoms with E-state index in [2.05, 4.69) is 10.1 Å². The Hall–Kier alpha value is -3.36. The van der Waals surface area contributed by atoms with Crippen LogP contribution in [0.15, 0.2) is 42.5 Å². The van der Waals surface area contributed by atoms with Gasteiger partial charge in [0, 0.05) is 24.6 Å². The van der Waals surface area contributed by atoms with Crippen LogP contribution in [0.5, 0.6) is 0 Å². The normalized spacial score (nSPS) is 11.5. The lowest BCUT2D eigenvalue weighted by molar-refractivity contribution is -0.384. The lowest BCUT2D eigenvalue weighted by atomic mass is 10.0. The predicted molar refractivity (Wildman–Crippen MR) is 86.4 cm³/mol. The number of nitro benzene ring substituents is 1. The number of benzene rings is 2. The molecule has 0 bridgehead atoms. The molecule has 0 spiro atoms. The number of halogens is 2. The first-order valence-corrected chi connectivity index (χ1v) is 7.39. The molecule has 0 saturated heterocycles. The first kappa shape index (κ1) is 19.0. The van der Waals surface area contributed by atoms with E-state index in [1.807, 2.05) is 0 Å². The van der Waals surface area contributed by atoms with Crippen LogP contribution in [0.25, 0.3) is 0 Å². The second-order valence-electron chi connectivity index (χ2n) is 5.30. The molecule has 26 heavy (non-hydrogen) atoms. The van der Waals surface area contributed by atoms with Crippen LogP contribution in [0, 0.1) is 21.7 Å². The summed E-state index contributed by atoms with van der Waals surface area (Å²) >= 11 is 0. The molecular weight excluding hydrogens is 350 g/mol. The van der Waals surface area contributed by atoms with Crippen LogP contribution >= 0.6 is 0 Å². The number of methoxy groups -OCH3 is 1. The molecule has 0 saturated carbocycles. The standard InChI is InChI=1S/C17H14F2N2O5/c1-26-17(23)15(8-10-2-5-12(6-3-10)21(24)25)20-16(22)13-7-4-11(18)9-14(13)19/h2-7,9,15H,8H2,1H3,(H,20,22)/t15-/m1/s1. The average molecular weight is 364 g/mol. The average Bonchev–Trinajstić information content (AvgIpc) is 2.60. The van der Waals surface area contributed by atoms with E-state index in [4.69, 9.17) is 0 Å². The number of rotatable bonds is 6. The SMILES string of the molecule is COC(=O)[C@@H](Cc1ccc([N+](=O)[O-])cc1)NC(=O)c1ccc(F)cc1F. The van der Waals surface area contributed by atoms with Gasteiger partial charge in [0.1, 0.15) is 17.7 Å². The third-order valence-corrected chi connectivity index (χ3v) is 3.55. The first-order chi connectivity index (χ1) is 12.3. The molecule has 2 aromatic carbocycles. The van der Waals surface area contributed by atoms with Gasteiger partial charge < -0.3 is 10.1 Å². The third kappa shape index (κ3) is 4.59. The van der Waals surface area contributed by atoms with E-state index < -0.39 is 40.0 Å². The number of carbonyl (C=O) groups excluding carboxylic acids is 2. The van der Waals surface area contributed by atoms with Gasteiger partial charge in [-0.25, -0.2) is 13.6 Å². The molecule has 1 N–H and O–H groups in total. The van der Waals surface area contributed by atoms with Crippen molar-refractivity contribution in [2.45, 2.75) is 12.5 Å². The Bertz CT molecular complexity index is 840. The smallest absolute Gasteiger partial charge is 0.328 e. The van der Waals surface area contributed by atoms with Gasteiger partial charge in [-0.2, -0.15) is 0 Å². The molecule has 0 radical (unpaired) electrons. The highest BCUT2D eigenvalue weighted by Crippen LogP contribution is 2.15. The van der Waals surface area contributed by atoms with E-state index in [0.29, 0.717) is 11.6 Å². The number of esters is 1. The zero-order valence-electron chi connectivity index (χ0n) is 13.6. The maximum absolute atomic E-state index is 13.7. The summed E-state index contributed by atoms with van der Waals surface area (Å²) in [4.78, 5) is 34.2. The van der Waals surface area contributed by atoms with Crippen LogP contribution in [-0.2, 0) is 16.0 Å². The van der Waals surface area contributed by atoms with Crippen molar-refractivity contribution in [1.82, 2.24) is 5.32 Å². The maximum atomic E-state index is 13.7. The van der Waals surface area contributed by atoms with Crippen molar-refractivity contribution in [2.24, 2.45) is 0 Å². The van der Waals surface area contributed by atoms with E-state index in [0.717, 1.165) is 19.2 Å². The van der Waals surface area contributed by atoms with Gasteiger partial charge >= 0.3 is 5.97 Å². The Balaban J connectivity index is 2.18. The van der Waals surface area contributed by atoms with Gasteiger partial charge in [-0.15, -0.1) is 0 Å². The van der Waals surface area contributed by atoms with Crippen LogP contribution in [0.3, 0.4) is 0 Å². The molecule has 0 aliphatic heterocycles. The summed E-state index contributed by atoms with van der Waals surface area (Å²) < 4.78 is 31.3. The van der Waals surface area contributed by atoms with Gasteiger partial charge in [0.05, 0.1) is 17.6 Å². The fourth-order valence-corrected chi connectivity index (χ4v) is 2.23. The van der Waals surface area contributed by atoms with Crippen LogP contribution in [-0.4, -0.2) is 30.0 Å². The monoisotopic (exact) mass is 364 g/mol.